The fourth-order valence-corrected chi connectivity index (χ4v) is 3.62. The molecule has 1 aliphatic rings. The summed E-state index contributed by atoms with van der Waals surface area (Å²) >= 11 is 0. The first-order valence-electron chi connectivity index (χ1n) is 8.60. The van der Waals surface area contributed by atoms with E-state index in [1.165, 1.54) is 22.3 Å². The minimum absolute atomic E-state index is 0.174. The monoisotopic (exact) mass is 332 g/mol. The lowest BCUT2D eigenvalue weighted by atomic mass is 9.70. The number of hydrogen-bond donors (Lipinski definition) is 1. The van der Waals surface area contributed by atoms with Gasteiger partial charge in [0.25, 0.3) is 0 Å². The van der Waals surface area contributed by atoms with Gasteiger partial charge in [-0.25, -0.2) is 4.79 Å². The Morgan fingerprint density at radius 2 is 1.60 bits per heavy atom. The molecule has 0 aromatic heterocycles. The molecule has 1 aliphatic carbocycles. The molecule has 25 heavy (non-hydrogen) atoms. The maximum absolute atomic E-state index is 10.9. The van der Waals surface area contributed by atoms with Crippen molar-refractivity contribution in [2.24, 2.45) is 0 Å². The summed E-state index contributed by atoms with van der Waals surface area (Å²) in [5.41, 5.74) is 8.24. The predicted octanol–water partition coefficient (Wildman–Crippen LogP) is 6.03. The van der Waals surface area contributed by atoms with Crippen molar-refractivity contribution in [3.63, 3.8) is 0 Å². The first-order chi connectivity index (χ1) is 11.8. The van der Waals surface area contributed by atoms with Crippen LogP contribution in [0.3, 0.4) is 0 Å². The van der Waals surface area contributed by atoms with E-state index in [1.54, 1.807) is 12.1 Å². The Bertz CT molecular complexity index is 881. The van der Waals surface area contributed by atoms with E-state index in [2.05, 4.69) is 52.0 Å². The molecule has 2 heteroatoms. The number of carboxylic acid groups (broad SMARTS) is 1. The summed E-state index contributed by atoms with van der Waals surface area (Å²) in [4.78, 5) is 10.9. The average molecular weight is 332 g/mol. The third kappa shape index (κ3) is 3.43. The van der Waals surface area contributed by atoms with Crippen LogP contribution in [-0.4, -0.2) is 11.1 Å². The molecule has 2 aromatic rings. The molecule has 3 rings (SSSR count). The van der Waals surface area contributed by atoms with E-state index in [0.29, 0.717) is 5.56 Å². The van der Waals surface area contributed by atoms with Crippen LogP contribution in [0, 0.1) is 0 Å². The highest BCUT2D eigenvalue weighted by Crippen LogP contribution is 2.42. The van der Waals surface area contributed by atoms with Gasteiger partial charge in [-0.2, -0.15) is 0 Å². The largest absolute Gasteiger partial charge is 0.478 e. The summed E-state index contributed by atoms with van der Waals surface area (Å²) in [7, 11) is 0. The molecular formula is C23H24O2. The van der Waals surface area contributed by atoms with E-state index in [9.17, 15) is 4.79 Å². The summed E-state index contributed by atoms with van der Waals surface area (Å²) in [6.45, 7) is 9.05. The summed E-state index contributed by atoms with van der Waals surface area (Å²) in [5.74, 6) is -0.898. The predicted molar refractivity (Wildman–Crippen MR) is 105 cm³/mol. The number of allylic oxidation sites excluding steroid dienone is 2. The molecule has 0 spiro atoms. The smallest absolute Gasteiger partial charge is 0.335 e. The van der Waals surface area contributed by atoms with E-state index in [4.69, 9.17) is 5.11 Å². The summed E-state index contributed by atoms with van der Waals surface area (Å²) in [6.07, 6.45) is 5.21. The topological polar surface area (TPSA) is 37.3 Å². The summed E-state index contributed by atoms with van der Waals surface area (Å²) < 4.78 is 0. The molecule has 0 radical (unpaired) electrons. The molecule has 128 valence electrons. The van der Waals surface area contributed by atoms with Crippen molar-refractivity contribution < 1.29 is 9.90 Å². The Morgan fingerprint density at radius 1 is 1.00 bits per heavy atom. The molecule has 1 N–H and O–H groups in total. The lowest BCUT2D eigenvalue weighted by Gasteiger charge is -2.34. The Morgan fingerprint density at radius 3 is 2.24 bits per heavy atom. The van der Waals surface area contributed by atoms with Crippen molar-refractivity contribution in [3.05, 3.63) is 75.9 Å². The second kappa shape index (κ2) is 6.36. The van der Waals surface area contributed by atoms with Crippen LogP contribution in [0.25, 0.3) is 17.7 Å². The third-order valence-electron chi connectivity index (χ3n) is 5.15. The number of aromatic carboxylic acids is 1. The van der Waals surface area contributed by atoms with Crippen LogP contribution in [0.1, 0.15) is 66.7 Å². The van der Waals surface area contributed by atoms with Gasteiger partial charge in [-0.1, -0.05) is 55.8 Å². The van der Waals surface area contributed by atoms with Crippen LogP contribution in [0.15, 0.2) is 48.0 Å². The molecule has 0 amide bonds. The van der Waals surface area contributed by atoms with E-state index in [-0.39, 0.29) is 5.41 Å². The van der Waals surface area contributed by atoms with Crippen LogP contribution in [-0.2, 0) is 5.41 Å². The number of hydrogen-bond acceptors (Lipinski definition) is 1. The molecule has 0 saturated carbocycles. The molecule has 0 fully saturated rings. The van der Waals surface area contributed by atoms with Crippen molar-refractivity contribution in [3.8, 4) is 0 Å². The Balaban J connectivity index is 1.91. The number of carbonyl (C=O) groups is 1. The third-order valence-corrected chi connectivity index (χ3v) is 5.15. The van der Waals surface area contributed by atoms with Crippen molar-refractivity contribution in [1.82, 2.24) is 0 Å². The van der Waals surface area contributed by atoms with Crippen LogP contribution in [0.4, 0.5) is 0 Å². The van der Waals surface area contributed by atoms with Gasteiger partial charge in [-0.05, 0) is 71.7 Å². The highest BCUT2D eigenvalue weighted by Gasteiger charge is 2.29. The number of carboxylic acids is 1. The molecule has 0 aliphatic heterocycles. The maximum Gasteiger partial charge on any atom is 0.335 e. The highest BCUT2D eigenvalue weighted by molar-refractivity contribution is 5.88. The van der Waals surface area contributed by atoms with E-state index in [1.807, 2.05) is 18.2 Å². The van der Waals surface area contributed by atoms with Crippen molar-refractivity contribution in [2.75, 3.05) is 0 Å². The quantitative estimate of drug-likeness (QED) is 0.697. The lowest BCUT2D eigenvalue weighted by molar-refractivity contribution is 0.0697. The maximum atomic E-state index is 10.9. The zero-order valence-electron chi connectivity index (χ0n) is 15.3. The molecule has 0 bridgehead atoms. The van der Waals surface area contributed by atoms with Gasteiger partial charge < -0.3 is 5.11 Å². The van der Waals surface area contributed by atoms with E-state index in [0.717, 1.165) is 17.5 Å². The normalized spacial score (nSPS) is 16.2. The molecule has 2 aromatic carbocycles. The summed E-state index contributed by atoms with van der Waals surface area (Å²) in [5, 5.41) is 8.96. The molecule has 0 saturated heterocycles. The van der Waals surface area contributed by atoms with Crippen LogP contribution in [0.5, 0.6) is 0 Å². The highest BCUT2D eigenvalue weighted by atomic mass is 16.4. The fourth-order valence-electron chi connectivity index (χ4n) is 3.62. The van der Waals surface area contributed by atoms with Gasteiger partial charge in [0.05, 0.1) is 5.56 Å². The van der Waals surface area contributed by atoms with Crippen LogP contribution < -0.4 is 0 Å². The van der Waals surface area contributed by atoms with Gasteiger partial charge in [-0.15, -0.1) is 0 Å². The minimum atomic E-state index is -0.898. The van der Waals surface area contributed by atoms with Gasteiger partial charge in [0.15, 0.2) is 0 Å². The lowest BCUT2D eigenvalue weighted by Crippen LogP contribution is -2.23. The SMILES string of the molecule is CC1=C(C)c2cc(C=Cc3ccc(C(=O)O)cc3)ccc2C(C)(C)C1. The summed E-state index contributed by atoms with van der Waals surface area (Å²) in [6, 6.07) is 13.6. The first-order valence-corrected chi connectivity index (χ1v) is 8.60. The Labute approximate surface area is 149 Å². The molecule has 2 nitrogen and oxygen atoms in total. The van der Waals surface area contributed by atoms with Gasteiger partial charge in [0.2, 0.25) is 0 Å². The average Bonchev–Trinajstić information content (AvgIpc) is 2.58. The first kappa shape index (κ1) is 17.2. The van der Waals surface area contributed by atoms with E-state index < -0.39 is 5.97 Å². The number of rotatable bonds is 3. The molecule has 0 atom stereocenters. The van der Waals surface area contributed by atoms with Gasteiger partial charge in [-0.3, -0.25) is 0 Å². The van der Waals surface area contributed by atoms with Gasteiger partial charge in [0.1, 0.15) is 0 Å². The van der Waals surface area contributed by atoms with Crippen LogP contribution >= 0.6 is 0 Å². The van der Waals surface area contributed by atoms with Gasteiger partial charge in [0, 0.05) is 0 Å². The van der Waals surface area contributed by atoms with Crippen LogP contribution in [0.2, 0.25) is 0 Å². The second-order valence-corrected chi connectivity index (χ2v) is 7.53. The zero-order chi connectivity index (χ0) is 18.2. The van der Waals surface area contributed by atoms with Crippen molar-refractivity contribution >= 4 is 23.7 Å². The number of benzene rings is 2. The fraction of sp³-hybridized carbons (Fsp3) is 0.261. The van der Waals surface area contributed by atoms with Crippen molar-refractivity contribution in [1.29, 1.82) is 0 Å². The Kier molecular flexibility index (Phi) is 4.38. The van der Waals surface area contributed by atoms with E-state index >= 15 is 0 Å². The molecule has 0 unspecified atom stereocenters. The number of fused-ring (bicyclic) bond motifs is 1. The van der Waals surface area contributed by atoms with Crippen molar-refractivity contribution in [2.45, 2.75) is 39.5 Å². The van der Waals surface area contributed by atoms with Gasteiger partial charge >= 0.3 is 5.97 Å². The zero-order valence-corrected chi connectivity index (χ0v) is 15.3. The molecule has 0 heterocycles. The standard InChI is InChI=1S/C23H24O2/c1-15-14-23(3,4)21-12-9-18(13-20(21)16(15)2)6-5-17-7-10-19(11-8-17)22(24)25/h5-13H,14H2,1-4H3,(H,24,25). The Hall–Kier alpha value is -2.61. The second-order valence-electron chi connectivity index (χ2n) is 7.53. The minimum Gasteiger partial charge on any atom is -0.478 e. The molecular weight excluding hydrogens is 308 g/mol.